The minimum Gasteiger partial charge on any atom is -0.493 e. The first kappa shape index (κ1) is 20.9. The summed E-state index contributed by atoms with van der Waals surface area (Å²) in [5.74, 6) is -0.331. The Morgan fingerprint density at radius 2 is 1.94 bits per heavy atom. The summed E-state index contributed by atoms with van der Waals surface area (Å²) in [5, 5.41) is 10.7. The number of hydrogen-bond donors (Lipinski definition) is 1. The number of piperidine rings is 1. The van der Waals surface area contributed by atoms with Gasteiger partial charge in [0, 0.05) is 24.0 Å². The zero-order valence-corrected chi connectivity index (χ0v) is 18.2. The number of aromatic nitrogens is 3. The van der Waals surface area contributed by atoms with Gasteiger partial charge in [-0.15, -0.1) is 5.10 Å². The van der Waals surface area contributed by atoms with Gasteiger partial charge in [-0.05, 0) is 37.6 Å². The Hall–Kier alpha value is -4.01. The highest BCUT2D eigenvalue weighted by Gasteiger charge is 2.40. The lowest BCUT2D eigenvalue weighted by Gasteiger charge is -2.29. The van der Waals surface area contributed by atoms with Gasteiger partial charge in [0.2, 0.25) is 11.8 Å². The fourth-order valence-electron chi connectivity index (χ4n) is 4.19. The van der Waals surface area contributed by atoms with Crippen molar-refractivity contribution in [2.45, 2.75) is 38.8 Å². The van der Waals surface area contributed by atoms with Gasteiger partial charge in [-0.2, -0.15) is 0 Å². The van der Waals surface area contributed by atoms with E-state index in [4.69, 9.17) is 4.74 Å². The van der Waals surface area contributed by atoms with E-state index < -0.39 is 11.9 Å². The quantitative estimate of drug-likeness (QED) is 0.582. The number of fused-ring (bicyclic) bond motifs is 1. The molecule has 9 heteroatoms. The Morgan fingerprint density at radius 1 is 1.12 bits per heavy atom. The molecule has 0 spiro atoms. The van der Waals surface area contributed by atoms with Crippen LogP contribution in [0.2, 0.25) is 0 Å². The number of imide groups is 1. The molecule has 1 fully saturated rings. The van der Waals surface area contributed by atoms with Crippen LogP contribution in [0.15, 0.2) is 48.7 Å². The summed E-state index contributed by atoms with van der Waals surface area (Å²) in [6.45, 7) is 2.68. The lowest BCUT2D eigenvalue weighted by Crippen LogP contribution is -2.52. The molecule has 0 saturated carbocycles. The van der Waals surface area contributed by atoms with Gasteiger partial charge >= 0.3 is 0 Å². The molecule has 33 heavy (non-hydrogen) atoms. The van der Waals surface area contributed by atoms with Crippen molar-refractivity contribution in [3.63, 3.8) is 0 Å². The number of nitrogens with zero attached hydrogens (tertiary/aromatic N) is 4. The SMILES string of the molecule is Cc1ccc(-n2cc(CCOc3cccc4c3CN(C3CCC(=O)NC3=O)C4=O)nn2)cc1. The third-order valence-corrected chi connectivity index (χ3v) is 5.99. The van der Waals surface area contributed by atoms with Crippen LogP contribution in [-0.2, 0) is 22.6 Å². The van der Waals surface area contributed by atoms with E-state index in [1.807, 2.05) is 43.5 Å². The van der Waals surface area contributed by atoms with Gasteiger partial charge in [-0.3, -0.25) is 19.7 Å². The van der Waals surface area contributed by atoms with E-state index in [-0.39, 0.29) is 24.8 Å². The molecule has 3 amide bonds. The molecule has 9 nitrogen and oxygen atoms in total. The number of rotatable bonds is 6. The molecule has 1 saturated heterocycles. The summed E-state index contributed by atoms with van der Waals surface area (Å²) in [4.78, 5) is 38.1. The highest BCUT2D eigenvalue weighted by molar-refractivity contribution is 6.05. The predicted octanol–water partition coefficient (Wildman–Crippen LogP) is 1.96. The smallest absolute Gasteiger partial charge is 0.255 e. The monoisotopic (exact) mass is 445 g/mol. The van der Waals surface area contributed by atoms with Crippen molar-refractivity contribution in [3.05, 3.63) is 71.0 Å². The van der Waals surface area contributed by atoms with Crippen LogP contribution in [0.5, 0.6) is 5.75 Å². The van der Waals surface area contributed by atoms with Crippen LogP contribution in [0.3, 0.4) is 0 Å². The van der Waals surface area contributed by atoms with Gasteiger partial charge in [0.25, 0.3) is 5.91 Å². The van der Waals surface area contributed by atoms with Crippen LogP contribution < -0.4 is 10.1 Å². The molecule has 2 aliphatic heterocycles. The van der Waals surface area contributed by atoms with Crippen LogP contribution in [0.4, 0.5) is 0 Å². The van der Waals surface area contributed by atoms with E-state index >= 15 is 0 Å². The summed E-state index contributed by atoms with van der Waals surface area (Å²) in [6.07, 6.45) is 2.98. The summed E-state index contributed by atoms with van der Waals surface area (Å²) < 4.78 is 7.73. The zero-order valence-electron chi connectivity index (χ0n) is 18.2. The van der Waals surface area contributed by atoms with Crippen LogP contribution in [0, 0.1) is 6.92 Å². The zero-order chi connectivity index (χ0) is 22.9. The van der Waals surface area contributed by atoms with Crippen molar-refractivity contribution in [3.8, 4) is 11.4 Å². The largest absolute Gasteiger partial charge is 0.493 e. The standard InChI is InChI=1S/C24H23N5O4/c1-15-5-7-17(8-6-15)29-13-16(26-27-29)11-12-33-21-4-2-3-18-19(21)14-28(24(18)32)20-9-10-22(30)25-23(20)31/h2-8,13,20H,9-12,14H2,1H3,(H,25,30,31). The van der Waals surface area contributed by atoms with E-state index in [1.165, 1.54) is 10.5 Å². The molecule has 5 rings (SSSR count). The molecule has 1 aromatic heterocycles. The third kappa shape index (κ3) is 4.09. The second-order valence-corrected chi connectivity index (χ2v) is 8.27. The normalized spacial score (nSPS) is 17.8. The molecule has 1 N–H and O–H groups in total. The fraction of sp³-hybridized carbons (Fsp3) is 0.292. The number of nitrogens with one attached hydrogen (secondary N) is 1. The minimum atomic E-state index is -0.646. The maximum absolute atomic E-state index is 12.9. The number of ether oxygens (including phenoxy) is 1. The molecule has 0 bridgehead atoms. The first-order valence-electron chi connectivity index (χ1n) is 10.9. The van der Waals surface area contributed by atoms with E-state index in [9.17, 15) is 14.4 Å². The lowest BCUT2D eigenvalue weighted by atomic mass is 10.0. The molecule has 3 aromatic rings. The summed E-state index contributed by atoms with van der Waals surface area (Å²) >= 11 is 0. The Morgan fingerprint density at radius 3 is 2.73 bits per heavy atom. The van der Waals surface area contributed by atoms with Crippen molar-refractivity contribution >= 4 is 17.7 Å². The first-order chi connectivity index (χ1) is 16.0. The second-order valence-electron chi connectivity index (χ2n) is 8.27. The minimum absolute atomic E-state index is 0.217. The number of carbonyl (C=O) groups is 3. The molecule has 3 heterocycles. The van der Waals surface area contributed by atoms with E-state index in [2.05, 4.69) is 15.6 Å². The number of aryl methyl sites for hydroxylation is 1. The maximum Gasteiger partial charge on any atom is 0.255 e. The van der Waals surface area contributed by atoms with E-state index in [0.717, 1.165) is 16.9 Å². The molecule has 168 valence electrons. The van der Waals surface area contributed by atoms with Crippen molar-refractivity contribution < 1.29 is 19.1 Å². The van der Waals surface area contributed by atoms with Gasteiger partial charge in [0.15, 0.2) is 0 Å². The predicted molar refractivity (Wildman–Crippen MR) is 118 cm³/mol. The topological polar surface area (TPSA) is 106 Å². The Labute approximate surface area is 190 Å². The van der Waals surface area contributed by atoms with Crippen molar-refractivity contribution in [2.75, 3.05) is 6.61 Å². The third-order valence-electron chi connectivity index (χ3n) is 5.99. The average molecular weight is 445 g/mol. The van der Waals surface area contributed by atoms with Gasteiger partial charge < -0.3 is 9.64 Å². The van der Waals surface area contributed by atoms with Crippen molar-refractivity contribution in [2.24, 2.45) is 0 Å². The number of benzene rings is 2. The van der Waals surface area contributed by atoms with E-state index in [1.54, 1.807) is 16.8 Å². The average Bonchev–Trinajstić information content (AvgIpc) is 3.40. The number of amides is 3. The number of carbonyl (C=O) groups excluding carboxylic acids is 3. The van der Waals surface area contributed by atoms with Crippen LogP contribution in [0.1, 0.15) is 40.0 Å². The van der Waals surface area contributed by atoms with Gasteiger partial charge in [0.1, 0.15) is 11.8 Å². The Kier molecular flexibility index (Phi) is 5.37. The molecule has 0 aliphatic carbocycles. The maximum atomic E-state index is 12.9. The molecular formula is C24H23N5O4. The highest BCUT2D eigenvalue weighted by Crippen LogP contribution is 2.33. The van der Waals surface area contributed by atoms with Crippen LogP contribution in [-0.4, -0.2) is 50.3 Å². The van der Waals surface area contributed by atoms with Crippen LogP contribution >= 0.6 is 0 Å². The van der Waals surface area contributed by atoms with E-state index in [0.29, 0.717) is 30.8 Å². The van der Waals surface area contributed by atoms with Gasteiger partial charge in [-0.1, -0.05) is 29.0 Å². The molecular weight excluding hydrogens is 422 g/mol. The lowest BCUT2D eigenvalue weighted by molar-refractivity contribution is -0.136. The van der Waals surface area contributed by atoms with Crippen LogP contribution in [0.25, 0.3) is 5.69 Å². The summed E-state index contributed by atoms with van der Waals surface area (Å²) in [5.41, 5.74) is 4.20. The van der Waals surface area contributed by atoms with Crippen molar-refractivity contribution in [1.82, 2.24) is 25.2 Å². The first-order valence-corrected chi connectivity index (χ1v) is 10.9. The summed E-state index contributed by atoms with van der Waals surface area (Å²) in [6, 6.07) is 12.7. The molecule has 2 aromatic carbocycles. The fourth-order valence-corrected chi connectivity index (χ4v) is 4.19. The molecule has 0 radical (unpaired) electrons. The molecule has 1 atom stereocenters. The second kappa shape index (κ2) is 8.50. The molecule has 1 unspecified atom stereocenters. The van der Waals surface area contributed by atoms with Crippen molar-refractivity contribution in [1.29, 1.82) is 0 Å². The van der Waals surface area contributed by atoms with Gasteiger partial charge in [-0.25, -0.2) is 4.68 Å². The molecule has 2 aliphatic rings. The van der Waals surface area contributed by atoms with Gasteiger partial charge in [0.05, 0.1) is 30.7 Å². The Bertz CT molecular complexity index is 1230. The Balaban J connectivity index is 1.24. The highest BCUT2D eigenvalue weighted by atomic mass is 16.5. The summed E-state index contributed by atoms with van der Waals surface area (Å²) in [7, 11) is 0. The number of hydrogen-bond acceptors (Lipinski definition) is 6.